The Morgan fingerprint density at radius 3 is 2.84 bits per heavy atom. The Balaban J connectivity index is 1.45. The molecule has 9 heteroatoms. The van der Waals surface area contributed by atoms with Crippen LogP contribution in [0, 0.1) is 5.82 Å². The lowest BCUT2D eigenvalue weighted by Gasteiger charge is -2.14. The maximum Gasteiger partial charge on any atom is 0.246 e. The maximum absolute atomic E-state index is 14.5. The predicted molar refractivity (Wildman–Crippen MR) is 121 cm³/mol. The molecule has 1 atom stereocenters. The normalized spacial score (nSPS) is 15.8. The van der Waals surface area contributed by atoms with Crippen molar-refractivity contribution in [3.05, 3.63) is 77.3 Å². The first kappa shape index (κ1) is 20.5. The first-order valence-electron chi connectivity index (χ1n) is 10.5. The molecule has 1 aliphatic rings. The molecule has 0 fully saturated rings. The predicted octanol–water partition coefficient (Wildman–Crippen LogP) is 5.32. The number of hydrogen-bond acceptors (Lipinski definition) is 5. The number of ether oxygens (including phenoxy) is 1. The number of nitrogens with zero attached hydrogens (tertiary/aromatic N) is 5. The molecule has 3 heterocycles. The zero-order valence-electron chi connectivity index (χ0n) is 17.5. The summed E-state index contributed by atoms with van der Waals surface area (Å²) in [5, 5.41) is 8.31. The van der Waals surface area contributed by atoms with Crippen LogP contribution in [0.4, 0.5) is 16.0 Å². The zero-order chi connectivity index (χ0) is 22.1. The number of methoxy groups -OCH3 is 1. The minimum Gasteiger partial charge on any atom is -0.494 e. The molecule has 1 aliphatic heterocycles. The Bertz CT molecular complexity index is 1250. The molecule has 0 unspecified atom stereocenters. The number of rotatable bonds is 5. The van der Waals surface area contributed by atoms with E-state index in [0.29, 0.717) is 22.4 Å². The van der Waals surface area contributed by atoms with Crippen LogP contribution < -0.4 is 10.1 Å². The summed E-state index contributed by atoms with van der Waals surface area (Å²) in [6.45, 7) is 0.763. The van der Waals surface area contributed by atoms with Gasteiger partial charge in [0.2, 0.25) is 5.95 Å². The highest BCUT2D eigenvalue weighted by Gasteiger charge is 2.26. The summed E-state index contributed by atoms with van der Waals surface area (Å²) >= 11 is 5.94. The van der Waals surface area contributed by atoms with Crippen molar-refractivity contribution in [2.45, 2.75) is 31.7 Å². The molecule has 0 bridgehead atoms. The second kappa shape index (κ2) is 8.63. The van der Waals surface area contributed by atoms with Gasteiger partial charge in [-0.15, -0.1) is 5.10 Å². The Morgan fingerprint density at radius 1 is 1.19 bits per heavy atom. The van der Waals surface area contributed by atoms with Gasteiger partial charge in [-0.2, -0.15) is 4.98 Å². The van der Waals surface area contributed by atoms with Gasteiger partial charge >= 0.3 is 0 Å². The van der Waals surface area contributed by atoms with Crippen LogP contribution in [0.25, 0.3) is 5.69 Å². The van der Waals surface area contributed by atoms with Crippen LogP contribution in [0.1, 0.15) is 36.6 Å². The number of anilines is 2. The van der Waals surface area contributed by atoms with E-state index in [4.69, 9.17) is 21.3 Å². The molecule has 0 radical (unpaired) electrons. The first-order chi connectivity index (χ1) is 15.6. The van der Waals surface area contributed by atoms with Crippen molar-refractivity contribution in [3.8, 4) is 11.4 Å². The zero-order valence-corrected chi connectivity index (χ0v) is 18.3. The van der Waals surface area contributed by atoms with Gasteiger partial charge in [-0.1, -0.05) is 36.2 Å². The van der Waals surface area contributed by atoms with Crippen molar-refractivity contribution in [1.82, 2.24) is 24.3 Å². The lowest BCUT2D eigenvalue weighted by atomic mass is 9.93. The van der Waals surface area contributed by atoms with Gasteiger partial charge in [0.1, 0.15) is 28.9 Å². The molecule has 32 heavy (non-hydrogen) atoms. The molecule has 0 saturated carbocycles. The average Bonchev–Trinajstić information content (AvgIpc) is 3.35. The van der Waals surface area contributed by atoms with E-state index >= 15 is 0 Å². The lowest BCUT2D eigenvalue weighted by Crippen LogP contribution is -2.09. The van der Waals surface area contributed by atoms with Crippen LogP contribution in [0.15, 0.2) is 55.0 Å². The number of aryl methyl sites for hydroxylation is 1. The van der Waals surface area contributed by atoms with Crippen LogP contribution in [0.5, 0.6) is 5.75 Å². The SMILES string of the molecule is COc1cc(Nc2nc3n(n2)CCCC[C@@H]3c2ccccc2F)ccc1-n1cnc(Cl)c1. The van der Waals surface area contributed by atoms with Crippen LogP contribution in [-0.2, 0) is 6.54 Å². The van der Waals surface area contributed by atoms with E-state index in [1.54, 1.807) is 30.3 Å². The summed E-state index contributed by atoms with van der Waals surface area (Å²) in [7, 11) is 1.61. The highest BCUT2D eigenvalue weighted by molar-refractivity contribution is 6.29. The number of benzene rings is 2. The summed E-state index contributed by atoms with van der Waals surface area (Å²) in [6.07, 6.45) is 6.17. The molecule has 2 aromatic carbocycles. The summed E-state index contributed by atoms with van der Waals surface area (Å²) in [6, 6.07) is 12.6. The standard InChI is InChI=1S/C23H22ClFN6O/c1-32-20-12-15(9-10-19(20)30-13-21(24)26-14-30)27-23-28-22-17(7-4-5-11-31(22)29-23)16-6-2-3-8-18(16)25/h2-3,6,8-10,12-14,17H,4-5,7,11H2,1H3,(H,27,29)/t17-/m1/s1. The lowest BCUT2D eigenvalue weighted by molar-refractivity contribution is 0.413. The molecule has 7 nitrogen and oxygen atoms in total. The number of imidazole rings is 1. The molecule has 1 N–H and O–H groups in total. The van der Waals surface area contributed by atoms with Gasteiger partial charge in [-0.05, 0) is 36.6 Å². The van der Waals surface area contributed by atoms with Gasteiger partial charge < -0.3 is 14.6 Å². The summed E-state index contributed by atoms with van der Waals surface area (Å²) in [4.78, 5) is 8.79. The van der Waals surface area contributed by atoms with Crippen LogP contribution in [0.2, 0.25) is 5.15 Å². The smallest absolute Gasteiger partial charge is 0.246 e. The number of nitrogens with one attached hydrogen (secondary N) is 1. The number of hydrogen-bond donors (Lipinski definition) is 1. The molecule has 4 aromatic rings. The van der Waals surface area contributed by atoms with Crippen molar-refractivity contribution in [3.63, 3.8) is 0 Å². The third-order valence-electron chi connectivity index (χ3n) is 5.67. The van der Waals surface area contributed by atoms with E-state index in [9.17, 15) is 4.39 Å². The van der Waals surface area contributed by atoms with Gasteiger partial charge in [-0.25, -0.2) is 14.1 Å². The third kappa shape index (κ3) is 3.93. The minimum atomic E-state index is -0.205. The van der Waals surface area contributed by atoms with Crippen molar-refractivity contribution in [1.29, 1.82) is 0 Å². The Morgan fingerprint density at radius 2 is 2.06 bits per heavy atom. The fraction of sp³-hybridized carbons (Fsp3) is 0.261. The van der Waals surface area contributed by atoms with Gasteiger partial charge in [0.25, 0.3) is 0 Å². The van der Waals surface area contributed by atoms with Gasteiger partial charge in [0.05, 0.1) is 12.8 Å². The first-order valence-corrected chi connectivity index (χ1v) is 10.8. The van der Waals surface area contributed by atoms with Gasteiger partial charge in [0.15, 0.2) is 0 Å². The molecule has 0 saturated heterocycles. The summed E-state index contributed by atoms with van der Waals surface area (Å²) in [5.74, 6) is 1.58. The highest BCUT2D eigenvalue weighted by Crippen LogP contribution is 2.34. The summed E-state index contributed by atoms with van der Waals surface area (Å²) < 4.78 is 23.8. The van der Waals surface area contributed by atoms with Gasteiger partial charge in [0, 0.05) is 30.4 Å². The molecular weight excluding hydrogens is 431 g/mol. The maximum atomic E-state index is 14.5. The fourth-order valence-electron chi connectivity index (χ4n) is 4.15. The number of aromatic nitrogens is 5. The minimum absolute atomic E-state index is 0.121. The second-order valence-corrected chi connectivity index (χ2v) is 8.09. The topological polar surface area (TPSA) is 69.8 Å². The molecule has 2 aromatic heterocycles. The van der Waals surface area contributed by atoms with E-state index in [1.807, 2.05) is 35.0 Å². The Hall–Kier alpha value is -3.39. The quantitative estimate of drug-likeness (QED) is 0.443. The number of fused-ring (bicyclic) bond motifs is 1. The molecule has 0 spiro atoms. The van der Waals surface area contributed by atoms with Crippen LogP contribution in [-0.4, -0.2) is 31.4 Å². The van der Waals surface area contributed by atoms with Crippen molar-refractivity contribution < 1.29 is 9.13 Å². The van der Waals surface area contributed by atoms with Crippen molar-refractivity contribution in [2.75, 3.05) is 12.4 Å². The van der Waals surface area contributed by atoms with Crippen LogP contribution >= 0.6 is 11.6 Å². The van der Waals surface area contributed by atoms with E-state index in [2.05, 4.69) is 15.4 Å². The third-order valence-corrected chi connectivity index (χ3v) is 5.87. The summed E-state index contributed by atoms with van der Waals surface area (Å²) in [5.41, 5.74) is 2.25. The average molecular weight is 453 g/mol. The molecule has 5 rings (SSSR count). The van der Waals surface area contributed by atoms with Crippen molar-refractivity contribution >= 4 is 23.2 Å². The molecule has 0 aliphatic carbocycles. The Kier molecular flexibility index (Phi) is 5.53. The fourth-order valence-corrected chi connectivity index (χ4v) is 4.30. The van der Waals surface area contributed by atoms with E-state index in [-0.39, 0.29) is 11.7 Å². The number of halogens is 2. The van der Waals surface area contributed by atoms with Crippen LogP contribution in [0.3, 0.4) is 0 Å². The Labute approximate surface area is 189 Å². The van der Waals surface area contributed by atoms with E-state index < -0.39 is 0 Å². The van der Waals surface area contributed by atoms with Gasteiger partial charge in [-0.3, -0.25) is 0 Å². The van der Waals surface area contributed by atoms with E-state index in [0.717, 1.165) is 43.0 Å². The van der Waals surface area contributed by atoms with Crippen molar-refractivity contribution in [2.24, 2.45) is 0 Å². The van der Waals surface area contributed by atoms with E-state index in [1.165, 1.54) is 6.07 Å². The largest absolute Gasteiger partial charge is 0.494 e. The second-order valence-electron chi connectivity index (χ2n) is 7.70. The molecule has 0 amide bonds. The monoisotopic (exact) mass is 452 g/mol. The molecular formula is C23H22ClFN6O. The molecule has 164 valence electrons. The highest BCUT2D eigenvalue weighted by atomic mass is 35.5.